The van der Waals surface area contributed by atoms with E-state index in [1.54, 1.807) is 23.1 Å². The third-order valence-corrected chi connectivity index (χ3v) is 10.5. The number of rotatable bonds is 6. The fraction of sp³-hybridized carbons (Fsp3) is 0.333. The number of aromatic nitrogens is 2. The molecule has 1 aliphatic heterocycles. The van der Waals surface area contributed by atoms with E-state index in [0.717, 1.165) is 60.0 Å². The molecule has 6 heteroatoms. The fourth-order valence-corrected chi connectivity index (χ4v) is 8.76. The molecule has 0 bridgehead atoms. The lowest BCUT2D eigenvalue weighted by molar-refractivity contribution is 0.249. The molecule has 1 saturated carbocycles. The zero-order valence-corrected chi connectivity index (χ0v) is 23.8. The molecule has 2 aromatic heterocycles. The van der Waals surface area contributed by atoms with Crippen molar-refractivity contribution in [2.24, 2.45) is 0 Å². The first-order valence-corrected chi connectivity index (χ1v) is 16.0. The standard InChI is InChI=1S/C33H33N3OS2/c37-32-30-28-18-19-35(20-23-10-3-1-4-11-23)21-29(28)39-31(30)34-33(36(32)26-15-5-2-6-16-26)38-22-25-14-9-13-24-12-7-8-17-27(24)25/h1,3-4,7-14,17,26H,2,5-6,15-16,18-22H2. The van der Waals surface area contributed by atoms with E-state index in [1.165, 1.54) is 51.6 Å². The van der Waals surface area contributed by atoms with Gasteiger partial charge in [0.25, 0.3) is 5.56 Å². The Hall–Kier alpha value is -2.93. The Balaban J connectivity index is 1.25. The molecule has 0 atom stereocenters. The summed E-state index contributed by atoms with van der Waals surface area (Å²) in [6.45, 7) is 2.82. The summed E-state index contributed by atoms with van der Waals surface area (Å²) in [5.74, 6) is 0.808. The van der Waals surface area contributed by atoms with Crippen LogP contribution in [0.1, 0.15) is 59.7 Å². The summed E-state index contributed by atoms with van der Waals surface area (Å²) in [5.41, 5.74) is 4.09. The number of fused-ring (bicyclic) bond motifs is 4. The summed E-state index contributed by atoms with van der Waals surface area (Å²) >= 11 is 3.48. The van der Waals surface area contributed by atoms with Crippen LogP contribution in [-0.4, -0.2) is 21.0 Å². The Bertz CT molecular complexity index is 1680. The van der Waals surface area contributed by atoms with E-state index in [-0.39, 0.29) is 11.6 Å². The molecule has 7 rings (SSSR count). The van der Waals surface area contributed by atoms with Crippen LogP contribution in [0, 0.1) is 0 Å². The van der Waals surface area contributed by atoms with Gasteiger partial charge in [-0.15, -0.1) is 11.3 Å². The second kappa shape index (κ2) is 10.9. The van der Waals surface area contributed by atoms with Crippen molar-refractivity contribution in [2.45, 2.75) is 68.6 Å². The van der Waals surface area contributed by atoms with Gasteiger partial charge in [-0.1, -0.05) is 104 Å². The number of nitrogens with zero attached hydrogens (tertiary/aromatic N) is 3. The molecule has 2 aliphatic rings. The Morgan fingerprint density at radius 1 is 0.923 bits per heavy atom. The maximum Gasteiger partial charge on any atom is 0.263 e. The van der Waals surface area contributed by atoms with Crippen LogP contribution < -0.4 is 5.56 Å². The van der Waals surface area contributed by atoms with E-state index in [2.05, 4.69) is 82.3 Å². The van der Waals surface area contributed by atoms with Crippen LogP contribution >= 0.6 is 23.1 Å². The SMILES string of the molecule is O=c1c2c3c(sc2nc(SCc2cccc4ccccc24)n1C1CCCCC1)CN(Cc1ccccc1)CC3. The van der Waals surface area contributed by atoms with Crippen LogP contribution in [0.5, 0.6) is 0 Å². The first-order chi connectivity index (χ1) is 19.2. The third-order valence-electron chi connectivity index (χ3n) is 8.38. The molecule has 3 heterocycles. The van der Waals surface area contributed by atoms with Gasteiger partial charge >= 0.3 is 0 Å². The predicted molar refractivity (Wildman–Crippen MR) is 164 cm³/mol. The predicted octanol–water partition coefficient (Wildman–Crippen LogP) is 7.97. The molecule has 1 fully saturated rings. The molecule has 0 radical (unpaired) electrons. The molecule has 39 heavy (non-hydrogen) atoms. The van der Waals surface area contributed by atoms with E-state index in [0.29, 0.717) is 0 Å². The third kappa shape index (κ3) is 4.94. The van der Waals surface area contributed by atoms with Crippen molar-refractivity contribution < 1.29 is 0 Å². The molecule has 3 aromatic carbocycles. The highest BCUT2D eigenvalue weighted by Gasteiger charge is 2.28. The first-order valence-electron chi connectivity index (χ1n) is 14.2. The van der Waals surface area contributed by atoms with Crippen molar-refractivity contribution in [1.82, 2.24) is 14.5 Å². The fourth-order valence-electron chi connectivity index (χ4n) is 6.39. The molecule has 0 saturated heterocycles. The highest BCUT2D eigenvalue weighted by molar-refractivity contribution is 7.98. The van der Waals surface area contributed by atoms with Gasteiger partial charge in [0, 0.05) is 36.3 Å². The van der Waals surface area contributed by atoms with Crippen molar-refractivity contribution >= 4 is 44.1 Å². The molecular formula is C33H33N3OS2. The van der Waals surface area contributed by atoms with Crippen molar-refractivity contribution in [1.29, 1.82) is 0 Å². The van der Waals surface area contributed by atoms with Gasteiger partial charge in [0.15, 0.2) is 5.16 Å². The first kappa shape index (κ1) is 25.1. The number of benzene rings is 3. The molecule has 4 nitrogen and oxygen atoms in total. The van der Waals surface area contributed by atoms with Gasteiger partial charge in [-0.3, -0.25) is 14.3 Å². The quantitative estimate of drug-likeness (QED) is 0.158. The Kier molecular flexibility index (Phi) is 7.02. The average Bonchev–Trinajstić information content (AvgIpc) is 3.35. The molecule has 0 N–H and O–H groups in total. The Labute approximate surface area is 237 Å². The zero-order valence-electron chi connectivity index (χ0n) is 22.1. The minimum atomic E-state index is 0.196. The van der Waals surface area contributed by atoms with E-state index in [4.69, 9.17) is 4.98 Å². The van der Waals surface area contributed by atoms with Crippen molar-refractivity contribution in [3.63, 3.8) is 0 Å². The molecule has 198 valence electrons. The van der Waals surface area contributed by atoms with Gasteiger partial charge in [-0.05, 0) is 46.7 Å². The van der Waals surface area contributed by atoms with Crippen LogP contribution in [0.3, 0.4) is 0 Å². The summed E-state index contributed by atoms with van der Waals surface area (Å²) < 4.78 is 2.10. The van der Waals surface area contributed by atoms with Crippen molar-refractivity contribution in [2.75, 3.05) is 6.54 Å². The molecular weight excluding hydrogens is 519 g/mol. The largest absolute Gasteiger partial charge is 0.294 e. The summed E-state index contributed by atoms with van der Waals surface area (Å²) in [5, 5.41) is 4.33. The summed E-state index contributed by atoms with van der Waals surface area (Å²) in [4.78, 5) is 24.3. The summed E-state index contributed by atoms with van der Waals surface area (Å²) in [7, 11) is 0. The van der Waals surface area contributed by atoms with Gasteiger partial charge in [0.1, 0.15) is 4.83 Å². The average molecular weight is 552 g/mol. The lowest BCUT2D eigenvalue weighted by Gasteiger charge is -2.27. The number of thiophene rings is 1. The Morgan fingerprint density at radius 2 is 1.72 bits per heavy atom. The van der Waals surface area contributed by atoms with Crippen molar-refractivity contribution in [3.05, 3.63) is 105 Å². The minimum Gasteiger partial charge on any atom is -0.294 e. The van der Waals surface area contributed by atoms with E-state index >= 15 is 0 Å². The minimum absolute atomic E-state index is 0.196. The van der Waals surface area contributed by atoms with Gasteiger partial charge in [0.05, 0.1) is 5.39 Å². The summed E-state index contributed by atoms with van der Waals surface area (Å²) in [6.07, 6.45) is 6.73. The van der Waals surface area contributed by atoms with E-state index < -0.39 is 0 Å². The van der Waals surface area contributed by atoms with Crippen LogP contribution in [0.2, 0.25) is 0 Å². The monoisotopic (exact) mass is 551 g/mol. The van der Waals surface area contributed by atoms with Gasteiger partial charge in [0.2, 0.25) is 0 Å². The lowest BCUT2D eigenvalue weighted by Crippen LogP contribution is -2.31. The summed E-state index contributed by atoms with van der Waals surface area (Å²) in [6, 6.07) is 26.0. The highest BCUT2D eigenvalue weighted by Crippen LogP contribution is 2.37. The molecule has 0 amide bonds. The van der Waals surface area contributed by atoms with E-state index in [1.807, 2.05) is 0 Å². The van der Waals surface area contributed by atoms with E-state index in [9.17, 15) is 4.79 Å². The molecule has 1 aliphatic carbocycles. The highest BCUT2D eigenvalue weighted by atomic mass is 32.2. The Morgan fingerprint density at radius 3 is 2.59 bits per heavy atom. The van der Waals surface area contributed by atoms with Crippen LogP contribution in [0.25, 0.3) is 21.0 Å². The second-order valence-electron chi connectivity index (χ2n) is 10.9. The van der Waals surface area contributed by atoms with Gasteiger partial charge in [-0.25, -0.2) is 4.98 Å². The van der Waals surface area contributed by atoms with Gasteiger partial charge in [-0.2, -0.15) is 0 Å². The maximum atomic E-state index is 14.3. The number of thioether (sulfide) groups is 1. The molecule has 0 spiro atoms. The number of hydrogen-bond acceptors (Lipinski definition) is 5. The lowest BCUT2D eigenvalue weighted by atomic mass is 9.95. The molecule has 0 unspecified atom stereocenters. The molecule has 5 aromatic rings. The maximum absolute atomic E-state index is 14.3. The number of hydrogen-bond donors (Lipinski definition) is 0. The van der Waals surface area contributed by atoms with Crippen molar-refractivity contribution in [3.8, 4) is 0 Å². The normalized spacial score (nSPS) is 16.6. The zero-order chi connectivity index (χ0) is 26.2. The van der Waals surface area contributed by atoms with Crippen LogP contribution in [0.4, 0.5) is 0 Å². The van der Waals surface area contributed by atoms with Crippen LogP contribution in [-0.2, 0) is 25.3 Å². The second-order valence-corrected chi connectivity index (χ2v) is 12.9. The topological polar surface area (TPSA) is 38.1 Å². The van der Waals surface area contributed by atoms with Gasteiger partial charge < -0.3 is 0 Å². The van der Waals surface area contributed by atoms with Crippen LogP contribution in [0.15, 0.2) is 82.7 Å². The smallest absolute Gasteiger partial charge is 0.263 e.